The molecule has 2 unspecified atom stereocenters. The summed E-state index contributed by atoms with van der Waals surface area (Å²) in [6.45, 7) is 8.21. The number of nitrogens with one attached hydrogen (secondary N) is 1. The van der Waals surface area contributed by atoms with Crippen LogP contribution in [0.25, 0.3) is 0 Å². The fraction of sp³-hybridized carbons (Fsp3) is 1.00. The SMILES string of the molecule is CCCCCC(CC)C(C)CCNC. The van der Waals surface area contributed by atoms with Crippen molar-refractivity contribution in [1.29, 1.82) is 0 Å². The second kappa shape index (κ2) is 9.51. The van der Waals surface area contributed by atoms with E-state index in [1.54, 1.807) is 0 Å². The molecule has 0 fully saturated rings. The van der Waals surface area contributed by atoms with Crippen molar-refractivity contribution in [2.75, 3.05) is 13.6 Å². The number of hydrogen-bond acceptors (Lipinski definition) is 1. The van der Waals surface area contributed by atoms with Gasteiger partial charge >= 0.3 is 0 Å². The molecule has 0 aliphatic rings. The Hall–Kier alpha value is -0.0400. The van der Waals surface area contributed by atoms with Crippen molar-refractivity contribution < 1.29 is 0 Å². The van der Waals surface area contributed by atoms with E-state index in [2.05, 4.69) is 26.1 Å². The summed E-state index contributed by atoms with van der Waals surface area (Å²) in [7, 11) is 2.05. The van der Waals surface area contributed by atoms with Gasteiger partial charge in [-0.3, -0.25) is 0 Å². The summed E-state index contributed by atoms with van der Waals surface area (Å²) in [5.74, 6) is 1.85. The van der Waals surface area contributed by atoms with Gasteiger partial charge in [-0.05, 0) is 31.8 Å². The molecule has 0 aliphatic heterocycles. The van der Waals surface area contributed by atoms with Crippen LogP contribution in [0.1, 0.15) is 59.3 Å². The molecule has 0 saturated carbocycles. The molecule has 0 aromatic rings. The predicted molar refractivity (Wildman–Crippen MR) is 65.6 cm³/mol. The third kappa shape index (κ3) is 6.42. The van der Waals surface area contributed by atoms with Crippen molar-refractivity contribution >= 4 is 0 Å². The fourth-order valence-corrected chi connectivity index (χ4v) is 2.16. The molecule has 0 aromatic carbocycles. The van der Waals surface area contributed by atoms with Crippen molar-refractivity contribution in [3.8, 4) is 0 Å². The molecule has 0 radical (unpaired) electrons. The average Bonchev–Trinajstić information content (AvgIpc) is 2.21. The zero-order valence-electron chi connectivity index (χ0n) is 10.6. The van der Waals surface area contributed by atoms with Gasteiger partial charge < -0.3 is 5.32 Å². The fourth-order valence-electron chi connectivity index (χ4n) is 2.16. The Bertz CT molecular complexity index is 112. The normalized spacial score (nSPS) is 15.4. The molecule has 14 heavy (non-hydrogen) atoms. The zero-order valence-corrected chi connectivity index (χ0v) is 10.6. The van der Waals surface area contributed by atoms with Crippen molar-refractivity contribution in [3.05, 3.63) is 0 Å². The van der Waals surface area contributed by atoms with E-state index >= 15 is 0 Å². The first-order chi connectivity index (χ1) is 6.76. The molecule has 1 N–H and O–H groups in total. The molecule has 0 aliphatic carbocycles. The minimum absolute atomic E-state index is 0.893. The first kappa shape index (κ1) is 14.0. The van der Waals surface area contributed by atoms with Gasteiger partial charge in [0.25, 0.3) is 0 Å². The summed E-state index contributed by atoms with van der Waals surface area (Å²) >= 11 is 0. The average molecular weight is 199 g/mol. The van der Waals surface area contributed by atoms with Crippen LogP contribution in [0.4, 0.5) is 0 Å². The molecular weight excluding hydrogens is 170 g/mol. The summed E-state index contributed by atoms with van der Waals surface area (Å²) in [5, 5.41) is 3.24. The van der Waals surface area contributed by atoms with Gasteiger partial charge in [0.15, 0.2) is 0 Å². The van der Waals surface area contributed by atoms with Crippen LogP contribution >= 0.6 is 0 Å². The first-order valence-electron chi connectivity index (χ1n) is 6.40. The summed E-state index contributed by atoms with van der Waals surface area (Å²) in [6, 6.07) is 0. The van der Waals surface area contributed by atoms with Gasteiger partial charge in [-0.1, -0.05) is 52.9 Å². The monoisotopic (exact) mass is 199 g/mol. The van der Waals surface area contributed by atoms with Crippen molar-refractivity contribution in [2.24, 2.45) is 11.8 Å². The highest BCUT2D eigenvalue weighted by Crippen LogP contribution is 2.24. The van der Waals surface area contributed by atoms with Gasteiger partial charge in [-0.25, -0.2) is 0 Å². The summed E-state index contributed by atoms with van der Waals surface area (Å²) in [6.07, 6.45) is 8.32. The molecule has 0 rings (SSSR count). The lowest BCUT2D eigenvalue weighted by Crippen LogP contribution is -2.17. The van der Waals surface area contributed by atoms with Crippen LogP contribution in [0.5, 0.6) is 0 Å². The van der Waals surface area contributed by atoms with Crippen LogP contribution in [0.3, 0.4) is 0 Å². The smallest absolute Gasteiger partial charge is 0.00493 e. The van der Waals surface area contributed by atoms with Gasteiger partial charge in [0, 0.05) is 0 Å². The van der Waals surface area contributed by atoms with E-state index in [9.17, 15) is 0 Å². The Balaban J connectivity index is 3.62. The predicted octanol–water partition coefficient (Wildman–Crippen LogP) is 3.84. The third-order valence-electron chi connectivity index (χ3n) is 3.36. The second-order valence-electron chi connectivity index (χ2n) is 4.53. The molecule has 0 heterocycles. The zero-order chi connectivity index (χ0) is 10.8. The molecule has 0 spiro atoms. The quantitative estimate of drug-likeness (QED) is 0.556. The van der Waals surface area contributed by atoms with Gasteiger partial charge in [-0.2, -0.15) is 0 Å². The van der Waals surface area contributed by atoms with Gasteiger partial charge in [-0.15, -0.1) is 0 Å². The standard InChI is InChI=1S/C13H29N/c1-5-7-8-9-13(6-2)12(3)10-11-14-4/h12-14H,5-11H2,1-4H3. The van der Waals surface area contributed by atoms with E-state index in [1.165, 1.54) is 45.1 Å². The Labute approximate surface area is 90.7 Å². The molecule has 1 heteroatoms. The van der Waals surface area contributed by atoms with Crippen LogP contribution < -0.4 is 5.32 Å². The van der Waals surface area contributed by atoms with E-state index in [-0.39, 0.29) is 0 Å². The maximum Gasteiger partial charge on any atom is -0.00493 e. The van der Waals surface area contributed by atoms with Gasteiger partial charge in [0.05, 0.1) is 0 Å². The molecule has 86 valence electrons. The maximum atomic E-state index is 3.24. The van der Waals surface area contributed by atoms with Crippen LogP contribution in [0.15, 0.2) is 0 Å². The van der Waals surface area contributed by atoms with Crippen LogP contribution in [-0.4, -0.2) is 13.6 Å². The van der Waals surface area contributed by atoms with Gasteiger partial charge in [0.1, 0.15) is 0 Å². The first-order valence-corrected chi connectivity index (χ1v) is 6.40. The van der Waals surface area contributed by atoms with E-state index in [0.29, 0.717) is 0 Å². The Morgan fingerprint density at radius 2 is 1.79 bits per heavy atom. The number of unbranched alkanes of at least 4 members (excludes halogenated alkanes) is 2. The maximum absolute atomic E-state index is 3.24. The van der Waals surface area contributed by atoms with Crippen LogP contribution in [0.2, 0.25) is 0 Å². The van der Waals surface area contributed by atoms with E-state index in [4.69, 9.17) is 0 Å². The van der Waals surface area contributed by atoms with Crippen molar-refractivity contribution in [3.63, 3.8) is 0 Å². The van der Waals surface area contributed by atoms with Crippen LogP contribution in [-0.2, 0) is 0 Å². The summed E-state index contributed by atoms with van der Waals surface area (Å²) < 4.78 is 0. The molecular formula is C13H29N. The van der Waals surface area contributed by atoms with Crippen molar-refractivity contribution in [2.45, 2.75) is 59.3 Å². The van der Waals surface area contributed by atoms with Crippen LogP contribution in [0, 0.1) is 11.8 Å². The molecule has 0 aromatic heterocycles. The molecule has 0 amide bonds. The van der Waals surface area contributed by atoms with E-state index in [1.807, 2.05) is 7.05 Å². The topological polar surface area (TPSA) is 12.0 Å². The van der Waals surface area contributed by atoms with E-state index in [0.717, 1.165) is 11.8 Å². The highest BCUT2D eigenvalue weighted by Gasteiger charge is 2.13. The minimum atomic E-state index is 0.893. The lowest BCUT2D eigenvalue weighted by atomic mass is 9.85. The highest BCUT2D eigenvalue weighted by molar-refractivity contribution is 4.66. The minimum Gasteiger partial charge on any atom is -0.320 e. The van der Waals surface area contributed by atoms with Crippen molar-refractivity contribution in [1.82, 2.24) is 5.32 Å². The Morgan fingerprint density at radius 3 is 2.29 bits per heavy atom. The van der Waals surface area contributed by atoms with E-state index < -0.39 is 0 Å². The molecule has 0 bridgehead atoms. The second-order valence-corrected chi connectivity index (χ2v) is 4.53. The number of hydrogen-bond donors (Lipinski definition) is 1. The lowest BCUT2D eigenvalue weighted by Gasteiger charge is -2.22. The summed E-state index contributed by atoms with van der Waals surface area (Å²) in [5.41, 5.74) is 0. The van der Waals surface area contributed by atoms with Gasteiger partial charge in [0.2, 0.25) is 0 Å². The Kier molecular flexibility index (Phi) is 9.49. The summed E-state index contributed by atoms with van der Waals surface area (Å²) in [4.78, 5) is 0. The number of rotatable bonds is 9. The highest BCUT2D eigenvalue weighted by atomic mass is 14.8. The molecule has 2 atom stereocenters. The molecule has 0 saturated heterocycles. The molecule has 1 nitrogen and oxygen atoms in total. The largest absolute Gasteiger partial charge is 0.320 e. The lowest BCUT2D eigenvalue weighted by molar-refractivity contribution is 0.298. The third-order valence-corrected chi connectivity index (χ3v) is 3.36. The Morgan fingerprint density at radius 1 is 1.07 bits per heavy atom.